The quantitative estimate of drug-likeness (QED) is 0.230. The van der Waals surface area contributed by atoms with E-state index >= 15 is 0 Å². The van der Waals surface area contributed by atoms with Crippen LogP contribution in [0.15, 0.2) is 6.20 Å². The molecule has 0 atom stereocenters. The Labute approximate surface area is 231 Å². The summed E-state index contributed by atoms with van der Waals surface area (Å²) in [6, 6.07) is 0. The number of hydrogen-bond donors (Lipinski definition) is 0. The van der Waals surface area contributed by atoms with Gasteiger partial charge in [0.15, 0.2) is 0 Å². The van der Waals surface area contributed by atoms with Crippen LogP contribution in [-0.4, -0.2) is 81.1 Å². The maximum atomic E-state index is 12.7. The molecule has 0 fully saturated rings. The molecule has 0 unspecified atom stereocenters. The largest absolute Gasteiger partial charge is 0.475 e. The molecule has 0 N–H and O–H groups in total. The van der Waals surface area contributed by atoms with E-state index in [0.717, 1.165) is 4.90 Å². The molecule has 1 rings (SSSR count). The Morgan fingerprint density at radius 1 is 0.897 bits per heavy atom. The summed E-state index contributed by atoms with van der Waals surface area (Å²) in [5, 5.41) is 15.1. The fraction of sp³-hybridized carbons (Fsp3) is 0.808. The minimum atomic E-state index is -0.776. The summed E-state index contributed by atoms with van der Waals surface area (Å²) in [4.78, 5) is 36.9. The van der Waals surface area contributed by atoms with Crippen LogP contribution in [0.3, 0.4) is 0 Å². The molecule has 1 aromatic rings. The van der Waals surface area contributed by atoms with Gasteiger partial charge in [0.2, 0.25) is 0 Å². The van der Waals surface area contributed by atoms with Crippen molar-refractivity contribution in [2.45, 2.75) is 111 Å². The zero-order chi connectivity index (χ0) is 30.2. The first-order valence-corrected chi connectivity index (χ1v) is 12.9. The summed E-state index contributed by atoms with van der Waals surface area (Å²) < 4.78 is 29.2. The van der Waals surface area contributed by atoms with Gasteiger partial charge in [0.1, 0.15) is 17.4 Å². The lowest BCUT2D eigenvalue weighted by molar-refractivity contribution is -0.385. The number of rotatable bonds is 13. The summed E-state index contributed by atoms with van der Waals surface area (Å²) >= 11 is 0. The average Bonchev–Trinajstić information content (AvgIpc) is 3.14. The van der Waals surface area contributed by atoms with E-state index < -0.39 is 39.5 Å². The molecular formula is C26H46N4O9. The lowest BCUT2D eigenvalue weighted by Crippen LogP contribution is -2.45. The van der Waals surface area contributed by atoms with E-state index in [1.54, 1.807) is 41.5 Å². The van der Waals surface area contributed by atoms with Crippen LogP contribution in [0.2, 0.25) is 0 Å². The van der Waals surface area contributed by atoms with Crippen molar-refractivity contribution < 1.29 is 38.2 Å². The Balaban J connectivity index is 2.63. The first-order valence-electron chi connectivity index (χ1n) is 12.9. The standard InChI is InChI=1S/C26H46N4O9/c1-23(2,3)38-21(31)29(22(32)39-24(4,5)6)14-12-25(7,8)36-16-13-26(9,10)37-17-15-28-18-19(30(33)34)20(27-28)35-11/h18H,12-17H2,1-11H3. The lowest BCUT2D eigenvalue weighted by Gasteiger charge is -2.32. The van der Waals surface area contributed by atoms with Crippen LogP contribution in [0.4, 0.5) is 15.3 Å². The van der Waals surface area contributed by atoms with E-state index in [9.17, 15) is 19.7 Å². The Morgan fingerprint density at radius 3 is 1.82 bits per heavy atom. The predicted molar refractivity (Wildman–Crippen MR) is 144 cm³/mol. The summed E-state index contributed by atoms with van der Waals surface area (Å²) in [5.41, 5.74) is -2.95. The minimum Gasteiger partial charge on any atom is -0.475 e. The van der Waals surface area contributed by atoms with Crippen LogP contribution in [0.5, 0.6) is 5.88 Å². The third-order valence-corrected chi connectivity index (χ3v) is 5.28. The van der Waals surface area contributed by atoms with Gasteiger partial charge in [-0.05, 0) is 82.1 Å². The van der Waals surface area contributed by atoms with Crippen molar-refractivity contribution in [2.24, 2.45) is 0 Å². The van der Waals surface area contributed by atoms with Crippen LogP contribution in [0.1, 0.15) is 82.1 Å². The van der Waals surface area contributed by atoms with Gasteiger partial charge in [0, 0.05) is 6.54 Å². The molecule has 224 valence electrons. The second kappa shape index (κ2) is 13.4. The van der Waals surface area contributed by atoms with Crippen molar-refractivity contribution in [1.82, 2.24) is 14.7 Å². The number of nitro groups is 1. The van der Waals surface area contributed by atoms with E-state index in [1.165, 1.54) is 18.0 Å². The maximum Gasteiger partial charge on any atom is 0.419 e. The normalized spacial score (nSPS) is 12.7. The Kier molecular flexibility index (Phi) is 11.7. The Morgan fingerprint density at radius 2 is 1.38 bits per heavy atom. The summed E-state index contributed by atoms with van der Waals surface area (Å²) in [5.74, 6) is -0.0493. The zero-order valence-electron chi connectivity index (χ0n) is 25.3. The molecule has 39 heavy (non-hydrogen) atoms. The van der Waals surface area contributed by atoms with Crippen molar-refractivity contribution in [3.8, 4) is 5.88 Å². The van der Waals surface area contributed by atoms with E-state index in [-0.39, 0.29) is 24.7 Å². The summed E-state index contributed by atoms with van der Waals surface area (Å²) in [6.45, 7) is 19.0. The second-order valence-electron chi connectivity index (χ2n) is 12.4. The average molecular weight is 559 g/mol. The molecule has 0 saturated carbocycles. The number of methoxy groups -OCH3 is 1. The van der Waals surface area contributed by atoms with E-state index in [0.29, 0.717) is 26.0 Å². The van der Waals surface area contributed by atoms with Crippen LogP contribution >= 0.6 is 0 Å². The van der Waals surface area contributed by atoms with Crippen LogP contribution < -0.4 is 4.74 Å². The van der Waals surface area contributed by atoms with Crippen molar-refractivity contribution in [3.63, 3.8) is 0 Å². The molecule has 0 aliphatic heterocycles. The molecule has 13 heteroatoms. The number of nitrogens with zero attached hydrogens (tertiary/aromatic N) is 4. The molecule has 0 bridgehead atoms. The Hall–Kier alpha value is -2.93. The number of amides is 2. The molecule has 0 spiro atoms. The molecule has 0 aliphatic rings. The van der Waals surface area contributed by atoms with Gasteiger partial charge in [-0.25, -0.2) is 14.5 Å². The van der Waals surface area contributed by atoms with Gasteiger partial charge < -0.3 is 23.7 Å². The fourth-order valence-corrected chi connectivity index (χ4v) is 3.18. The maximum absolute atomic E-state index is 12.7. The van der Waals surface area contributed by atoms with E-state index in [1.807, 2.05) is 27.7 Å². The molecule has 0 aliphatic carbocycles. The van der Waals surface area contributed by atoms with Gasteiger partial charge in [-0.2, -0.15) is 0 Å². The number of aromatic nitrogens is 2. The monoisotopic (exact) mass is 558 g/mol. The fourth-order valence-electron chi connectivity index (χ4n) is 3.18. The number of imide groups is 1. The molecule has 1 aromatic heterocycles. The number of hydrogen-bond acceptors (Lipinski definition) is 10. The highest BCUT2D eigenvalue weighted by Gasteiger charge is 2.33. The predicted octanol–water partition coefficient (Wildman–Crippen LogP) is 5.34. The molecule has 0 radical (unpaired) electrons. The van der Waals surface area contributed by atoms with Gasteiger partial charge in [-0.1, -0.05) is 0 Å². The highest BCUT2D eigenvalue weighted by atomic mass is 16.6. The van der Waals surface area contributed by atoms with Gasteiger partial charge >= 0.3 is 23.8 Å². The molecule has 1 heterocycles. The minimum absolute atomic E-state index is 0.0493. The number of carbonyl (C=O) groups excluding carboxylic acids is 2. The molecule has 0 aromatic carbocycles. The van der Waals surface area contributed by atoms with E-state index in [2.05, 4.69) is 5.10 Å². The van der Waals surface area contributed by atoms with Crippen molar-refractivity contribution >= 4 is 17.9 Å². The molecular weight excluding hydrogens is 512 g/mol. The van der Waals surface area contributed by atoms with Gasteiger partial charge in [0.25, 0.3) is 0 Å². The SMILES string of the molecule is COc1nn(CCOC(C)(C)CCOC(C)(C)CCN(C(=O)OC(C)(C)C)C(=O)OC(C)(C)C)cc1[N+](=O)[O-]. The van der Waals surface area contributed by atoms with Crippen LogP contribution in [0.25, 0.3) is 0 Å². The van der Waals surface area contributed by atoms with Gasteiger partial charge in [-0.3, -0.25) is 14.8 Å². The molecule has 0 saturated heterocycles. The smallest absolute Gasteiger partial charge is 0.419 e. The topological polar surface area (TPSA) is 144 Å². The van der Waals surface area contributed by atoms with Crippen LogP contribution in [0, 0.1) is 10.1 Å². The number of ether oxygens (including phenoxy) is 5. The third kappa shape index (κ3) is 13.1. The van der Waals surface area contributed by atoms with Crippen molar-refractivity contribution in [1.29, 1.82) is 0 Å². The lowest BCUT2D eigenvalue weighted by atomic mass is 10.0. The van der Waals surface area contributed by atoms with Gasteiger partial charge in [0.05, 0.1) is 43.0 Å². The first-order chi connectivity index (χ1) is 17.6. The highest BCUT2D eigenvalue weighted by Crippen LogP contribution is 2.25. The summed E-state index contributed by atoms with van der Waals surface area (Å²) in [7, 11) is 1.33. The van der Waals surface area contributed by atoms with Crippen molar-refractivity contribution in [3.05, 3.63) is 16.3 Å². The molecule has 2 amide bonds. The van der Waals surface area contributed by atoms with E-state index in [4.69, 9.17) is 23.7 Å². The number of carbonyl (C=O) groups is 2. The van der Waals surface area contributed by atoms with Crippen LogP contribution in [-0.2, 0) is 25.5 Å². The second-order valence-corrected chi connectivity index (χ2v) is 12.4. The molecule has 13 nitrogen and oxygen atoms in total. The van der Waals surface area contributed by atoms with Crippen molar-refractivity contribution in [2.75, 3.05) is 26.9 Å². The summed E-state index contributed by atoms with van der Waals surface area (Å²) in [6.07, 6.45) is 0.663. The third-order valence-electron chi connectivity index (χ3n) is 5.28. The zero-order valence-corrected chi connectivity index (χ0v) is 25.3. The highest BCUT2D eigenvalue weighted by molar-refractivity contribution is 5.88. The Bertz CT molecular complexity index is 947. The van der Waals surface area contributed by atoms with Gasteiger partial charge in [-0.15, -0.1) is 5.10 Å². The first kappa shape index (κ1) is 34.1.